The van der Waals surface area contributed by atoms with Gasteiger partial charge >= 0.3 is 0 Å². The Morgan fingerprint density at radius 2 is 1.75 bits per heavy atom. The normalized spacial score (nSPS) is 12.2. The molecule has 0 spiro atoms. The van der Waals surface area contributed by atoms with Gasteiger partial charge in [0, 0.05) is 5.56 Å². The average molecular weight is 270 g/mol. The molecule has 1 atom stereocenters. The van der Waals surface area contributed by atoms with E-state index in [2.05, 4.69) is 10.5 Å². The zero-order chi connectivity index (χ0) is 14.4. The van der Waals surface area contributed by atoms with Gasteiger partial charge in [-0.1, -0.05) is 42.5 Å². The quantitative estimate of drug-likeness (QED) is 0.582. The topological polar surface area (TPSA) is 81.9 Å². The highest BCUT2D eigenvalue weighted by atomic mass is 16.3. The van der Waals surface area contributed by atoms with Crippen molar-refractivity contribution in [2.24, 2.45) is 5.10 Å². The van der Waals surface area contributed by atoms with Gasteiger partial charge in [0.1, 0.15) is 5.75 Å². The number of para-hydroxylation sites is 1. The largest absolute Gasteiger partial charge is 0.507 e. The number of hydrogen-bond donors (Lipinski definition) is 3. The number of carbonyl (C=O) groups is 1. The third-order valence-corrected chi connectivity index (χ3v) is 2.68. The van der Waals surface area contributed by atoms with Gasteiger partial charge in [0.05, 0.1) is 6.21 Å². The van der Waals surface area contributed by atoms with E-state index < -0.39 is 12.0 Å². The molecule has 0 aliphatic heterocycles. The van der Waals surface area contributed by atoms with Crippen LogP contribution >= 0.6 is 0 Å². The van der Waals surface area contributed by atoms with Gasteiger partial charge in [0.2, 0.25) is 0 Å². The molecular weight excluding hydrogens is 256 g/mol. The summed E-state index contributed by atoms with van der Waals surface area (Å²) in [7, 11) is 0. The van der Waals surface area contributed by atoms with Crippen molar-refractivity contribution in [1.82, 2.24) is 5.43 Å². The fourth-order valence-electron chi connectivity index (χ4n) is 1.61. The maximum absolute atomic E-state index is 11.7. The Morgan fingerprint density at radius 3 is 2.45 bits per heavy atom. The summed E-state index contributed by atoms with van der Waals surface area (Å²) in [5.74, 6) is -0.572. The number of benzene rings is 2. The zero-order valence-electron chi connectivity index (χ0n) is 10.6. The van der Waals surface area contributed by atoms with Gasteiger partial charge in [-0.3, -0.25) is 4.79 Å². The van der Waals surface area contributed by atoms with Crippen molar-refractivity contribution in [1.29, 1.82) is 0 Å². The summed E-state index contributed by atoms with van der Waals surface area (Å²) in [6.07, 6.45) is 0.0306. The first kappa shape index (κ1) is 13.8. The van der Waals surface area contributed by atoms with E-state index in [1.807, 2.05) is 0 Å². The van der Waals surface area contributed by atoms with Crippen LogP contribution in [0.2, 0.25) is 0 Å². The molecule has 0 aliphatic rings. The first-order chi connectivity index (χ1) is 9.68. The van der Waals surface area contributed by atoms with E-state index in [-0.39, 0.29) is 5.75 Å². The van der Waals surface area contributed by atoms with Crippen molar-refractivity contribution in [2.45, 2.75) is 6.10 Å². The Labute approximate surface area is 116 Å². The first-order valence-electron chi connectivity index (χ1n) is 6.02. The van der Waals surface area contributed by atoms with Crippen molar-refractivity contribution in [3.63, 3.8) is 0 Å². The number of aliphatic hydroxyl groups is 1. The van der Waals surface area contributed by atoms with Crippen molar-refractivity contribution >= 4 is 12.1 Å². The number of phenols is 1. The van der Waals surface area contributed by atoms with Crippen LogP contribution in [0.25, 0.3) is 0 Å². The fourth-order valence-corrected chi connectivity index (χ4v) is 1.61. The summed E-state index contributed by atoms with van der Waals surface area (Å²) in [5, 5.41) is 23.0. The predicted molar refractivity (Wildman–Crippen MR) is 75.2 cm³/mol. The molecule has 2 aromatic rings. The van der Waals surface area contributed by atoms with Gasteiger partial charge in [0.15, 0.2) is 6.10 Å². The number of rotatable bonds is 4. The number of aliphatic hydroxyl groups excluding tert-OH is 1. The van der Waals surface area contributed by atoms with Gasteiger partial charge in [-0.2, -0.15) is 5.10 Å². The van der Waals surface area contributed by atoms with Crippen LogP contribution < -0.4 is 5.43 Å². The summed E-state index contributed by atoms with van der Waals surface area (Å²) in [4.78, 5) is 11.7. The second-order valence-electron chi connectivity index (χ2n) is 4.11. The van der Waals surface area contributed by atoms with Crippen molar-refractivity contribution in [2.75, 3.05) is 0 Å². The number of phenolic OH excluding ortho intramolecular Hbond substituents is 1. The summed E-state index contributed by atoms with van der Waals surface area (Å²) < 4.78 is 0. The maximum atomic E-state index is 11.7. The zero-order valence-corrected chi connectivity index (χ0v) is 10.6. The van der Waals surface area contributed by atoms with Crippen LogP contribution in [0.1, 0.15) is 17.2 Å². The fraction of sp³-hybridized carbons (Fsp3) is 0.0667. The Hall–Kier alpha value is -2.66. The van der Waals surface area contributed by atoms with Crippen LogP contribution in [0.15, 0.2) is 59.7 Å². The summed E-state index contributed by atoms with van der Waals surface area (Å²) >= 11 is 0. The molecule has 5 heteroatoms. The minimum Gasteiger partial charge on any atom is -0.507 e. The van der Waals surface area contributed by atoms with Crippen molar-refractivity contribution in [3.05, 3.63) is 65.7 Å². The molecule has 2 rings (SSSR count). The third kappa shape index (κ3) is 3.43. The maximum Gasteiger partial charge on any atom is 0.273 e. The highest BCUT2D eigenvalue weighted by Gasteiger charge is 2.15. The molecular formula is C15H14N2O3. The van der Waals surface area contributed by atoms with Crippen molar-refractivity contribution in [3.8, 4) is 5.75 Å². The van der Waals surface area contributed by atoms with Crippen molar-refractivity contribution < 1.29 is 15.0 Å². The minimum atomic E-state index is -1.28. The van der Waals surface area contributed by atoms with Gasteiger partial charge in [-0.25, -0.2) is 5.43 Å². The summed E-state index contributed by atoms with van der Waals surface area (Å²) in [5.41, 5.74) is 3.19. The van der Waals surface area contributed by atoms with E-state index in [0.717, 1.165) is 0 Å². The van der Waals surface area contributed by atoms with E-state index >= 15 is 0 Å². The molecule has 5 nitrogen and oxygen atoms in total. The van der Waals surface area contributed by atoms with Gasteiger partial charge in [-0.05, 0) is 17.7 Å². The molecule has 3 N–H and O–H groups in total. The molecule has 0 radical (unpaired) electrons. The molecule has 0 saturated heterocycles. The van der Waals surface area contributed by atoms with Crippen LogP contribution in [0.4, 0.5) is 0 Å². The summed E-state index contributed by atoms with van der Waals surface area (Å²) in [6.45, 7) is 0. The molecule has 0 fully saturated rings. The number of hydrogen-bond acceptors (Lipinski definition) is 4. The van der Waals surface area contributed by atoms with Gasteiger partial charge in [-0.15, -0.1) is 0 Å². The molecule has 0 heterocycles. The molecule has 2 aromatic carbocycles. The standard InChI is InChI=1S/C15H14N2O3/c18-13-9-5-4-8-12(13)10-16-17-15(20)14(19)11-6-2-1-3-7-11/h1-10,14,18-19H,(H,17,20)/b16-10+/t14-/m1/s1. The van der Waals surface area contributed by atoms with E-state index in [4.69, 9.17) is 0 Å². The molecule has 102 valence electrons. The van der Waals surface area contributed by atoms with E-state index in [0.29, 0.717) is 11.1 Å². The molecule has 0 unspecified atom stereocenters. The lowest BCUT2D eigenvalue weighted by molar-refractivity contribution is -0.129. The Bertz CT molecular complexity index is 612. The lowest BCUT2D eigenvalue weighted by Gasteiger charge is -2.08. The minimum absolute atomic E-state index is 0.0640. The monoisotopic (exact) mass is 270 g/mol. The Balaban J connectivity index is 1.97. The van der Waals surface area contributed by atoms with Gasteiger partial charge < -0.3 is 10.2 Å². The molecule has 0 bridgehead atoms. The number of nitrogens with zero attached hydrogens (tertiary/aromatic N) is 1. The molecule has 1 amide bonds. The van der Waals surface area contributed by atoms with E-state index in [1.54, 1.807) is 48.5 Å². The molecule has 0 saturated carbocycles. The number of nitrogens with one attached hydrogen (secondary N) is 1. The van der Waals surface area contributed by atoms with Crippen LogP contribution in [-0.2, 0) is 4.79 Å². The Kier molecular flexibility index (Phi) is 4.47. The highest BCUT2D eigenvalue weighted by molar-refractivity contribution is 5.86. The lowest BCUT2D eigenvalue weighted by Crippen LogP contribution is -2.25. The molecule has 0 aromatic heterocycles. The number of aromatic hydroxyl groups is 1. The van der Waals surface area contributed by atoms with E-state index in [1.165, 1.54) is 12.3 Å². The predicted octanol–water partition coefficient (Wildman–Crippen LogP) is 1.58. The number of amides is 1. The second kappa shape index (κ2) is 6.49. The van der Waals surface area contributed by atoms with Crippen LogP contribution in [0.3, 0.4) is 0 Å². The van der Waals surface area contributed by atoms with E-state index in [9.17, 15) is 15.0 Å². The first-order valence-corrected chi connectivity index (χ1v) is 6.02. The van der Waals surface area contributed by atoms with Crippen LogP contribution in [-0.4, -0.2) is 22.3 Å². The number of hydrazone groups is 1. The second-order valence-corrected chi connectivity index (χ2v) is 4.11. The van der Waals surface area contributed by atoms with Crippen LogP contribution in [0, 0.1) is 0 Å². The Morgan fingerprint density at radius 1 is 1.10 bits per heavy atom. The highest BCUT2D eigenvalue weighted by Crippen LogP contribution is 2.13. The van der Waals surface area contributed by atoms with Gasteiger partial charge in [0.25, 0.3) is 5.91 Å². The lowest BCUT2D eigenvalue weighted by atomic mass is 10.1. The van der Waals surface area contributed by atoms with Crippen LogP contribution in [0.5, 0.6) is 5.75 Å². The SMILES string of the molecule is O=C(N/N=C/c1ccccc1O)[C@H](O)c1ccccc1. The average Bonchev–Trinajstić information content (AvgIpc) is 2.49. The molecule has 0 aliphatic carbocycles. The third-order valence-electron chi connectivity index (χ3n) is 2.68. The molecule has 20 heavy (non-hydrogen) atoms. The summed E-state index contributed by atoms with van der Waals surface area (Å²) in [6, 6.07) is 15.2. The smallest absolute Gasteiger partial charge is 0.273 e. The number of carbonyl (C=O) groups excluding carboxylic acids is 1.